The van der Waals surface area contributed by atoms with Crippen LogP contribution in [0.4, 0.5) is 5.69 Å². The van der Waals surface area contributed by atoms with E-state index in [1.807, 2.05) is 0 Å². The number of carbonyl (C=O) groups excluding carboxylic acids is 2. The molecule has 1 fully saturated rings. The number of phenols is 1. The van der Waals surface area contributed by atoms with Gasteiger partial charge >= 0.3 is 0 Å². The second-order valence-corrected chi connectivity index (χ2v) is 13.0. The number of ether oxygens (including phenoxy) is 2. The van der Waals surface area contributed by atoms with E-state index in [0.29, 0.717) is 40.0 Å². The van der Waals surface area contributed by atoms with Gasteiger partial charge < -0.3 is 24.3 Å². The van der Waals surface area contributed by atoms with Crippen LogP contribution in [0, 0.1) is 0 Å². The first-order valence-corrected chi connectivity index (χ1v) is 16.9. The Labute approximate surface area is 284 Å². The molecule has 4 N–H and O–H groups in total. The normalized spacial score (nSPS) is 15.1. The van der Waals surface area contributed by atoms with Crippen LogP contribution in [-0.4, -0.2) is 54.8 Å². The number of furan rings is 1. The molecule has 2 amide bonds. The third-order valence-corrected chi connectivity index (χ3v) is 8.66. The molecule has 3 aromatic carbocycles. The number of amidine groups is 1. The number of nitrogens with zero attached hydrogens (tertiary/aromatic N) is 3. The molecule has 4 aromatic rings. The summed E-state index contributed by atoms with van der Waals surface area (Å²) in [6.45, 7) is 1.87. The SMILES string of the molecule is CCOc1cc(/C=N\N=C2\S/C(=C\c3cc(Cl)ccc3OCC(=O)Nc3ccc(S(N)(=O)=O)cc3)C(=O)N2Cc2ccco2)ccc1O. The van der Waals surface area contributed by atoms with E-state index in [4.69, 9.17) is 30.6 Å². The first kappa shape index (κ1) is 34.3. The van der Waals surface area contributed by atoms with Crippen LogP contribution in [0.5, 0.6) is 17.2 Å². The van der Waals surface area contributed by atoms with Gasteiger partial charge in [-0.3, -0.25) is 14.5 Å². The van der Waals surface area contributed by atoms with Crippen LogP contribution in [0.3, 0.4) is 0 Å². The highest BCUT2D eigenvalue weighted by molar-refractivity contribution is 8.18. The summed E-state index contributed by atoms with van der Waals surface area (Å²) in [4.78, 5) is 27.8. The van der Waals surface area contributed by atoms with Gasteiger partial charge in [0.1, 0.15) is 11.5 Å². The Balaban J connectivity index is 1.35. The van der Waals surface area contributed by atoms with E-state index in [-0.39, 0.29) is 38.9 Å². The number of benzene rings is 3. The van der Waals surface area contributed by atoms with Gasteiger partial charge in [-0.25, -0.2) is 13.6 Å². The smallest absolute Gasteiger partial charge is 0.267 e. The Kier molecular flexibility index (Phi) is 10.9. The number of thioether (sulfide) groups is 1. The fraction of sp³-hybridized carbons (Fsp3) is 0.125. The number of rotatable bonds is 12. The maximum absolute atomic E-state index is 13.6. The molecule has 1 aliphatic heterocycles. The first-order valence-electron chi connectivity index (χ1n) is 14.2. The third-order valence-electron chi connectivity index (χ3n) is 6.50. The molecule has 0 atom stereocenters. The van der Waals surface area contributed by atoms with Gasteiger partial charge in [0.25, 0.3) is 11.8 Å². The van der Waals surface area contributed by atoms with E-state index < -0.39 is 22.5 Å². The fourth-order valence-corrected chi connectivity index (χ4v) is 5.90. The number of halogens is 1. The number of primary sulfonamides is 1. The molecular weight excluding hydrogens is 682 g/mol. The molecule has 0 spiro atoms. The number of sulfonamides is 1. The van der Waals surface area contributed by atoms with Crippen molar-refractivity contribution in [1.82, 2.24) is 4.90 Å². The lowest BCUT2D eigenvalue weighted by atomic mass is 10.2. The largest absolute Gasteiger partial charge is 0.504 e. The van der Waals surface area contributed by atoms with Crippen molar-refractivity contribution in [2.24, 2.45) is 15.3 Å². The molecule has 1 aliphatic rings. The summed E-state index contributed by atoms with van der Waals surface area (Å²) >= 11 is 7.35. The quantitative estimate of drug-likeness (QED) is 0.101. The molecule has 1 saturated heterocycles. The Hall–Kier alpha value is -5.09. The van der Waals surface area contributed by atoms with E-state index in [1.54, 1.807) is 55.5 Å². The number of nitrogens with two attached hydrogens (primary N) is 1. The lowest BCUT2D eigenvalue weighted by molar-refractivity contribution is -0.122. The lowest BCUT2D eigenvalue weighted by Gasteiger charge is -2.13. The molecule has 0 aliphatic carbocycles. The van der Waals surface area contributed by atoms with Gasteiger partial charge in [0, 0.05) is 16.3 Å². The Morgan fingerprint density at radius 3 is 2.60 bits per heavy atom. The zero-order valence-corrected chi connectivity index (χ0v) is 27.6. The molecule has 2 heterocycles. The molecule has 48 heavy (non-hydrogen) atoms. The number of carbonyl (C=O) groups is 2. The maximum atomic E-state index is 13.6. The number of phenolic OH excluding ortho intramolecular Hbond substituents is 1. The van der Waals surface area contributed by atoms with E-state index in [9.17, 15) is 23.1 Å². The predicted octanol–water partition coefficient (Wildman–Crippen LogP) is 5.21. The monoisotopic (exact) mass is 709 g/mol. The molecule has 1 aromatic heterocycles. The summed E-state index contributed by atoms with van der Waals surface area (Å²) < 4.78 is 39.6. The van der Waals surface area contributed by atoms with Crippen molar-refractivity contribution in [3.8, 4) is 17.2 Å². The highest BCUT2D eigenvalue weighted by atomic mass is 35.5. The van der Waals surface area contributed by atoms with Crippen molar-refractivity contribution in [3.63, 3.8) is 0 Å². The minimum Gasteiger partial charge on any atom is -0.504 e. The van der Waals surface area contributed by atoms with Gasteiger partial charge in [0.2, 0.25) is 10.0 Å². The van der Waals surface area contributed by atoms with E-state index >= 15 is 0 Å². The van der Waals surface area contributed by atoms with Crippen LogP contribution in [0.15, 0.2) is 103 Å². The average molecular weight is 710 g/mol. The molecule has 16 heteroatoms. The van der Waals surface area contributed by atoms with E-state index in [0.717, 1.165) is 11.8 Å². The third kappa shape index (κ3) is 8.83. The van der Waals surface area contributed by atoms with Gasteiger partial charge in [-0.05, 0) is 103 Å². The molecule has 13 nitrogen and oxygen atoms in total. The zero-order valence-electron chi connectivity index (χ0n) is 25.2. The second kappa shape index (κ2) is 15.2. The van der Waals surface area contributed by atoms with Crippen LogP contribution in [-0.2, 0) is 26.2 Å². The van der Waals surface area contributed by atoms with Crippen molar-refractivity contribution in [1.29, 1.82) is 0 Å². The van der Waals surface area contributed by atoms with Gasteiger partial charge in [0.05, 0.1) is 35.4 Å². The van der Waals surface area contributed by atoms with E-state index in [2.05, 4.69) is 15.5 Å². The highest BCUT2D eigenvalue weighted by Crippen LogP contribution is 2.36. The van der Waals surface area contributed by atoms with Crippen LogP contribution in [0.1, 0.15) is 23.8 Å². The summed E-state index contributed by atoms with van der Waals surface area (Å²) in [5, 5.41) is 26.8. The topological polar surface area (TPSA) is 186 Å². The molecule has 248 valence electrons. The van der Waals surface area contributed by atoms with E-state index in [1.165, 1.54) is 47.7 Å². The van der Waals surface area contributed by atoms with Crippen LogP contribution in [0.2, 0.25) is 5.02 Å². The van der Waals surface area contributed by atoms with Gasteiger partial charge in [-0.15, -0.1) is 5.10 Å². The number of hydrogen-bond donors (Lipinski definition) is 3. The Morgan fingerprint density at radius 1 is 1.10 bits per heavy atom. The minimum absolute atomic E-state index is 0.00111. The second-order valence-electron chi connectivity index (χ2n) is 9.96. The maximum Gasteiger partial charge on any atom is 0.267 e. The van der Waals surface area contributed by atoms with Crippen molar-refractivity contribution >= 4 is 68.3 Å². The van der Waals surface area contributed by atoms with Crippen molar-refractivity contribution in [2.45, 2.75) is 18.4 Å². The minimum atomic E-state index is -3.87. The first-order chi connectivity index (χ1) is 23.0. The average Bonchev–Trinajstić information content (AvgIpc) is 3.66. The van der Waals surface area contributed by atoms with Crippen molar-refractivity contribution in [3.05, 3.63) is 106 Å². The summed E-state index contributed by atoms with van der Waals surface area (Å²) in [6, 6.07) is 18.3. The number of amides is 2. The summed E-state index contributed by atoms with van der Waals surface area (Å²) in [7, 11) is -3.87. The molecule has 0 saturated carbocycles. The Morgan fingerprint density at radius 2 is 1.90 bits per heavy atom. The number of aromatic hydroxyl groups is 1. The Bertz CT molecular complexity index is 2010. The van der Waals surface area contributed by atoms with Crippen molar-refractivity contribution in [2.75, 3.05) is 18.5 Å². The molecule has 5 rings (SSSR count). The zero-order chi connectivity index (χ0) is 34.3. The van der Waals surface area contributed by atoms with Crippen LogP contribution >= 0.6 is 23.4 Å². The summed E-state index contributed by atoms with van der Waals surface area (Å²) in [6.07, 6.45) is 4.55. The lowest BCUT2D eigenvalue weighted by Crippen LogP contribution is -2.28. The number of anilines is 1. The summed E-state index contributed by atoms with van der Waals surface area (Å²) in [5.41, 5.74) is 1.39. The molecule has 0 unspecified atom stereocenters. The summed E-state index contributed by atoms with van der Waals surface area (Å²) in [5.74, 6) is 0.216. The number of nitrogens with one attached hydrogen (secondary N) is 1. The molecule has 0 bridgehead atoms. The van der Waals surface area contributed by atoms with Gasteiger partial charge in [-0.2, -0.15) is 5.10 Å². The van der Waals surface area contributed by atoms with Crippen molar-refractivity contribution < 1.29 is 37.0 Å². The van der Waals surface area contributed by atoms with Crippen LogP contribution in [0.25, 0.3) is 6.08 Å². The van der Waals surface area contributed by atoms with Gasteiger partial charge in [0.15, 0.2) is 23.3 Å². The molecular formula is C32H28ClN5O8S2. The predicted molar refractivity (Wildman–Crippen MR) is 183 cm³/mol. The highest BCUT2D eigenvalue weighted by Gasteiger charge is 2.34. The standard InChI is InChI=1S/C32H28ClN5O8S2/c1-2-44-28-14-20(5-11-26(28)39)17-35-37-32-38(18-24-4-3-13-45-24)31(41)29(47-32)16-21-15-22(33)6-12-27(21)46-19-30(40)36-23-7-9-25(10-8-23)48(34,42)43/h3-17,39H,2,18-19H2,1H3,(H,36,40)(H2,34,42,43)/b29-16-,35-17-,37-32+. The fourth-order valence-electron chi connectivity index (χ4n) is 4.28. The number of hydrogen-bond acceptors (Lipinski definition) is 11. The van der Waals surface area contributed by atoms with Crippen LogP contribution < -0.4 is 19.9 Å². The van der Waals surface area contributed by atoms with Gasteiger partial charge in [-0.1, -0.05) is 11.6 Å². The molecule has 0 radical (unpaired) electrons.